The van der Waals surface area contributed by atoms with Gasteiger partial charge in [-0.25, -0.2) is 0 Å². The van der Waals surface area contributed by atoms with Crippen LogP contribution in [0, 0.1) is 0 Å². The van der Waals surface area contributed by atoms with E-state index in [0.717, 1.165) is 41.5 Å². The molecule has 0 atom stereocenters. The van der Waals surface area contributed by atoms with Gasteiger partial charge >= 0.3 is 0 Å². The topological polar surface area (TPSA) is 62.9 Å². The van der Waals surface area contributed by atoms with E-state index in [9.17, 15) is 0 Å². The molecule has 5 nitrogen and oxygen atoms in total. The second-order valence-electron chi connectivity index (χ2n) is 6.67. The zero-order valence-corrected chi connectivity index (χ0v) is 17.3. The third kappa shape index (κ3) is 6.57. The molecule has 1 heterocycles. The molecule has 0 saturated carbocycles. The average Bonchev–Trinajstić information content (AvgIpc) is 2.76. The minimum atomic E-state index is 0.449. The van der Waals surface area contributed by atoms with Crippen LogP contribution in [0.25, 0.3) is 0 Å². The molecule has 28 heavy (non-hydrogen) atoms. The van der Waals surface area contributed by atoms with E-state index in [-0.39, 0.29) is 0 Å². The number of anilines is 2. The monoisotopic (exact) mass is 382 g/mol. The van der Waals surface area contributed by atoms with Gasteiger partial charge in [-0.05, 0) is 62.5 Å². The number of nitrogen functional groups attached to an aromatic ring is 1. The number of rotatable bonds is 8. The van der Waals surface area contributed by atoms with Crippen molar-refractivity contribution in [2.24, 2.45) is 4.99 Å². The number of ether oxygens (including phenoxy) is 1. The van der Waals surface area contributed by atoms with Gasteiger partial charge in [0, 0.05) is 13.1 Å². The van der Waals surface area contributed by atoms with Crippen molar-refractivity contribution >= 4 is 23.8 Å². The quantitative estimate of drug-likeness (QED) is 0.492. The Morgan fingerprint density at radius 2 is 1.86 bits per heavy atom. The molecular formula is C23H34N4O. The Bertz CT molecular complexity index is 726. The zero-order chi connectivity index (χ0) is 20.2. The molecule has 1 saturated heterocycles. The summed E-state index contributed by atoms with van der Waals surface area (Å²) >= 11 is 0. The summed E-state index contributed by atoms with van der Waals surface area (Å²) in [4.78, 5) is 6.49. The molecular weight excluding hydrogens is 348 g/mol. The number of aliphatic imine (C=N–C) groups is 1. The normalized spacial score (nSPS) is 13.9. The summed E-state index contributed by atoms with van der Waals surface area (Å²) in [6, 6.07) is 13.7. The Morgan fingerprint density at radius 3 is 2.57 bits per heavy atom. The van der Waals surface area contributed by atoms with Crippen LogP contribution in [0.4, 0.5) is 17.1 Å². The summed E-state index contributed by atoms with van der Waals surface area (Å²) in [5.41, 5.74) is 9.72. The first-order chi connectivity index (χ1) is 13.8. The Hall–Kier alpha value is -2.53. The molecule has 1 fully saturated rings. The van der Waals surface area contributed by atoms with Crippen LogP contribution in [0.1, 0.15) is 38.7 Å². The maximum atomic E-state index is 6.21. The average molecular weight is 383 g/mol. The van der Waals surface area contributed by atoms with Crippen LogP contribution >= 0.6 is 0 Å². The number of hydrogen-bond donors (Lipinski definition) is 2. The maximum Gasteiger partial charge on any atom is 0.145 e. The minimum Gasteiger partial charge on any atom is -0.487 e. The van der Waals surface area contributed by atoms with Crippen LogP contribution in [0.2, 0.25) is 0 Å². The highest BCUT2D eigenvalue weighted by molar-refractivity contribution is 5.67. The summed E-state index contributed by atoms with van der Waals surface area (Å²) in [6.45, 7) is 12.4. The largest absolute Gasteiger partial charge is 0.487 e. The molecule has 1 aliphatic rings. The first kappa shape index (κ1) is 21.8. The summed E-state index contributed by atoms with van der Waals surface area (Å²) in [6.07, 6.45) is 4.01. The number of likely N-dealkylation sites (tertiary alicyclic amines) is 1. The lowest BCUT2D eigenvalue weighted by Crippen LogP contribution is -2.33. The van der Waals surface area contributed by atoms with Gasteiger partial charge < -0.3 is 20.7 Å². The summed E-state index contributed by atoms with van der Waals surface area (Å²) in [5, 5.41) is 3.45. The zero-order valence-electron chi connectivity index (χ0n) is 17.3. The van der Waals surface area contributed by atoms with E-state index in [2.05, 4.69) is 21.9 Å². The molecule has 0 spiro atoms. The number of nitrogens with one attached hydrogen (secondary N) is 1. The molecule has 0 unspecified atom stereocenters. The van der Waals surface area contributed by atoms with Gasteiger partial charge in [0.05, 0.1) is 11.4 Å². The van der Waals surface area contributed by atoms with Crippen LogP contribution in [0.5, 0.6) is 5.75 Å². The maximum absolute atomic E-state index is 6.21. The van der Waals surface area contributed by atoms with Crippen molar-refractivity contribution in [2.75, 3.05) is 37.2 Å². The molecule has 152 valence electrons. The van der Waals surface area contributed by atoms with Crippen LogP contribution in [0.15, 0.2) is 47.5 Å². The molecule has 0 radical (unpaired) electrons. The molecule has 2 aromatic rings. The Balaban J connectivity index is 0.00000136. The van der Waals surface area contributed by atoms with E-state index in [1.54, 1.807) is 0 Å². The lowest BCUT2D eigenvalue weighted by Gasteiger charge is -2.26. The highest BCUT2D eigenvalue weighted by Crippen LogP contribution is 2.27. The summed E-state index contributed by atoms with van der Waals surface area (Å²) < 4.78 is 5.85. The van der Waals surface area contributed by atoms with Gasteiger partial charge in [-0.1, -0.05) is 38.5 Å². The number of hydrogen-bond acceptors (Lipinski definition) is 5. The van der Waals surface area contributed by atoms with Gasteiger partial charge in [-0.2, -0.15) is 0 Å². The number of nitrogens with zero attached hydrogens (tertiary/aromatic N) is 2. The highest BCUT2D eigenvalue weighted by atomic mass is 16.5. The van der Waals surface area contributed by atoms with E-state index in [1.165, 1.54) is 32.4 Å². The predicted octanol–water partition coefficient (Wildman–Crippen LogP) is 5.10. The van der Waals surface area contributed by atoms with Crippen molar-refractivity contribution in [3.63, 3.8) is 0 Å². The molecule has 3 rings (SSSR count). The summed E-state index contributed by atoms with van der Waals surface area (Å²) in [5.74, 6) is 0.727. The van der Waals surface area contributed by atoms with Gasteiger partial charge in [0.1, 0.15) is 18.0 Å². The molecule has 0 bridgehead atoms. The van der Waals surface area contributed by atoms with E-state index in [1.807, 2.05) is 56.3 Å². The Kier molecular flexibility index (Phi) is 9.35. The predicted molar refractivity (Wildman–Crippen MR) is 121 cm³/mol. The van der Waals surface area contributed by atoms with E-state index < -0.39 is 0 Å². The minimum absolute atomic E-state index is 0.449. The van der Waals surface area contributed by atoms with Crippen molar-refractivity contribution in [3.05, 3.63) is 48.0 Å². The smallest absolute Gasteiger partial charge is 0.145 e. The fourth-order valence-corrected chi connectivity index (χ4v) is 3.27. The molecule has 0 aliphatic carbocycles. The van der Waals surface area contributed by atoms with Crippen molar-refractivity contribution in [1.29, 1.82) is 0 Å². The van der Waals surface area contributed by atoms with E-state index in [4.69, 9.17) is 10.5 Å². The van der Waals surface area contributed by atoms with E-state index in [0.29, 0.717) is 6.61 Å². The third-order valence-corrected chi connectivity index (χ3v) is 4.74. The number of nitrogens with two attached hydrogens (primary N) is 1. The van der Waals surface area contributed by atoms with Gasteiger partial charge in [0.25, 0.3) is 0 Å². The first-order valence-corrected chi connectivity index (χ1v) is 10.3. The molecule has 0 amide bonds. The van der Waals surface area contributed by atoms with Crippen LogP contribution in [0.3, 0.4) is 0 Å². The number of para-hydroxylation sites is 2. The van der Waals surface area contributed by atoms with Gasteiger partial charge in [-0.15, -0.1) is 0 Å². The Labute approximate surface area is 169 Å². The number of benzene rings is 2. The fraction of sp³-hybridized carbons (Fsp3) is 0.435. The van der Waals surface area contributed by atoms with Gasteiger partial charge in [-0.3, -0.25) is 4.99 Å². The third-order valence-electron chi connectivity index (χ3n) is 4.74. The van der Waals surface area contributed by atoms with Crippen molar-refractivity contribution < 1.29 is 4.74 Å². The molecule has 1 aliphatic heterocycles. The lowest BCUT2D eigenvalue weighted by molar-refractivity contribution is 0.237. The first-order valence-electron chi connectivity index (χ1n) is 10.3. The van der Waals surface area contributed by atoms with Crippen molar-refractivity contribution in [3.8, 4) is 5.75 Å². The van der Waals surface area contributed by atoms with Gasteiger partial charge in [0.2, 0.25) is 0 Å². The highest BCUT2D eigenvalue weighted by Gasteiger charge is 2.09. The summed E-state index contributed by atoms with van der Waals surface area (Å²) in [7, 11) is 0. The van der Waals surface area contributed by atoms with Crippen LogP contribution < -0.4 is 15.8 Å². The lowest BCUT2D eigenvalue weighted by atomic mass is 10.1. The molecule has 0 aromatic heterocycles. The van der Waals surface area contributed by atoms with Crippen molar-refractivity contribution in [1.82, 2.24) is 4.90 Å². The van der Waals surface area contributed by atoms with Crippen LogP contribution in [-0.4, -0.2) is 37.8 Å². The molecule has 3 N–H and O–H groups in total. The van der Waals surface area contributed by atoms with Gasteiger partial charge in [0.15, 0.2) is 0 Å². The molecule has 2 aromatic carbocycles. The van der Waals surface area contributed by atoms with E-state index >= 15 is 0 Å². The van der Waals surface area contributed by atoms with Crippen molar-refractivity contribution in [2.45, 2.75) is 39.7 Å². The number of piperidine rings is 1. The second-order valence-corrected chi connectivity index (χ2v) is 6.67. The van der Waals surface area contributed by atoms with Crippen LogP contribution in [-0.2, 0) is 6.61 Å². The fourth-order valence-electron chi connectivity index (χ4n) is 3.27. The SMILES string of the molecule is C=Nc1ccccc1OCc1ccc(NCCN2CCCCC2)c(N)c1.CC. The molecule has 5 heteroatoms. The Morgan fingerprint density at radius 1 is 1.11 bits per heavy atom. The second kappa shape index (κ2) is 12.0. The standard InChI is InChI=1S/C21H28N4O.C2H6/c1-23-20-7-3-4-8-21(20)26-16-17-9-10-19(18(22)15-17)24-11-14-25-12-5-2-6-13-25;1-2/h3-4,7-10,15,24H,1-2,5-6,11-14,16,22H2;1-2H3.